The van der Waals surface area contributed by atoms with Gasteiger partial charge >= 0.3 is 0 Å². The molecule has 2 N–H and O–H groups in total. The Morgan fingerprint density at radius 2 is 1.85 bits per heavy atom. The molecule has 5 nitrogen and oxygen atoms in total. The van der Waals surface area contributed by atoms with Crippen LogP contribution in [0.2, 0.25) is 0 Å². The third-order valence-corrected chi connectivity index (χ3v) is 5.98. The second-order valence-electron chi connectivity index (χ2n) is 7.01. The molecule has 0 bridgehead atoms. The summed E-state index contributed by atoms with van der Waals surface area (Å²) < 4.78 is 14.2. The number of benzene rings is 1. The summed E-state index contributed by atoms with van der Waals surface area (Å²) in [5.74, 6) is 1.39. The molecular weight excluding hydrogens is 459 g/mol. The van der Waals surface area contributed by atoms with Crippen molar-refractivity contribution in [3.8, 4) is 0 Å². The predicted molar refractivity (Wildman–Crippen MR) is 124 cm³/mol. The number of aromatic nitrogens is 1. The molecule has 0 radical (unpaired) electrons. The van der Waals surface area contributed by atoms with Crippen molar-refractivity contribution in [2.75, 3.05) is 25.9 Å². The average Bonchev–Trinajstić information content (AvgIpc) is 2.99. The van der Waals surface area contributed by atoms with Crippen molar-refractivity contribution in [1.29, 1.82) is 0 Å². The highest BCUT2D eigenvalue weighted by atomic mass is 127. The Labute approximate surface area is 176 Å². The van der Waals surface area contributed by atoms with Crippen LogP contribution in [-0.4, -0.2) is 45.4 Å². The molecule has 0 aliphatic heterocycles. The second kappa shape index (κ2) is 10.9. The van der Waals surface area contributed by atoms with Crippen LogP contribution in [0.3, 0.4) is 0 Å². The number of nitrogens with zero attached hydrogens (tertiary/aromatic N) is 2. The molecule has 0 saturated carbocycles. The lowest BCUT2D eigenvalue weighted by molar-refractivity contribution is 0.639. The zero-order valence-electron chi connectivity index (χ0n) is 16.1. The Kier molecular flexibility index (Phi) is 9.63. The Bertz CT molecular complexity index is 736. The van der Waals surface area contributed by atoms with Crippen LogP contribution < -0.4 is 10.6 Å². The zero-order valence-corrected chi connectivity index (χ0v) is 19.3. The molecule has 1 aromatic heterocycles. The van der Waals surface area contributed by atoms with Crippen LogP contribution in [0.25, 0.3) is 10.9 Å². The Hall–Kier alpha value is -1.09. The van der Waals surface area contributed by atoms with E-state index in [-0.39, 0.29) is 28.7 Å². The van der Waals surface area contributed by atoms with Crippen molar-refractivity contribution in [1.82, 2.24) is 15.2 Å². The van der Waals surface area contributed by atoms with E-state index in [0.717, 1.165) is 25.5 Å². The van der Waals surface area contributed by atoms with E-state index in [1.165, 1.54) is 10.9 Å². The molecule has 1 atom stereocenters. The molecule has 0 amide bonds. The number of aryl methyl sites for hydroxylation is 1. The van der Waals surface area contributed by atoms with Gasteiger partial charge in [0.05, 0.1) is 0 Å². The molecular formula is C19H31IN4OS. The molecule has 0 aliphatic rings. The topological polar surface area (TPSA) is 58.4 Å². The van der Waals surface area contributed by atoms with E-state index >= 15 is 0 Å². The second-order valence-corrected chi connectivity index (χ2v) is 9.33. The van der Waals surface area contributed by atoms with E-state index in [1.807, 2.05) is 20.8 Å². The van der Waals surface area contributed by atoms with Gasteiger partial charge in [-0.2, -0.15) is 0 Å². The zero-order chi connectivity index (χ0) is 18.3. The molecule has 1 heterocycles. The van der Waals surface area contributed by atoms with Crippen molar-refractivity contribution in [2.24, 2.45) is 4.99 Å². The maximum absolute atomic E-state index is 12.0. The van der Waals surface area contributed by atoms with Crippen LogP contribution in [0, 0.1) is 0 Å². The van der Waals surface area contributed by atoms with Crippen LogP contribution in [-0.2, 0) is 17.3 Å². The predicted octanol–water partition coefficient (Wildman–Crippen LogP) is 3.36. The van der Waals surface area contributed by atoms with Gasteiger partial charge in [-0.3, -0.25) is 9.20 Å². The fourth-order valence-electron chi connectivity index (χ4n) is 2.58. The fraction of sp³-hybridized carbons (Fsp3) is 0.526. The van der Waals surface area contributed by atoms with Crippen molar-refractivity contribution in [3.05, 3.63) is 36.5 Å². The van der Waals surface area contributed by atoms with Crippen molar-refractivity contribution in [2.45, 2.75) is 38.5 Å². The van der Waals surface area contributed by atoms with Gasteiger partial charge < -0.3 is 15.2 Å². The molecule has 0 fully saturated rings. The first-order valence-electron chi connectivity index (χ1n) is 8.78. The quantitative estimate of drug-likeness (QED) is 0.271. The molecule has 0 spiro atoms. The van der Waals surface area contributed by atoms with Crippen LogP contribution in [0.5, 0.6) is 0 Å². The lowest BCUT2D eigenvalue weighted by Gasteiger charge is -2.18. The van der Waals surface area contributed by atoms with Crippen LogP contribution >= 0.6 is 24.0 Å². The van der Waals surface area contributed by atoms with E-state index in [4.69, 9.17) is 0 Å². The first kappa shape index (κ1) is 23.0. The molecule has 7 heteroatoms. The van der Waals surface area contributed by atoms with E-state index in [1.54, 1.807) is 7.05 Å². The first-order chi connectivity index (χ1) is 11.9. The van der Waals surface area contributed by atoms with Gasteiger partial charge in [-0.25, -0.2) is 0 Å². The monoisotopic (exact) mass is 490 g/mol. The number of guanidine groups is 1. The Morgan fingerprint density at radius 1 is 1.15 bits per heavy atom. The Balaban J connectivity index is 0.00000338. The van der Waals surface area contributed by atoms with E-state index < -0.39 is 10.8 Å². The first-order valence-corrected chi connectivity index (χ1v) is 10.1. The number of aliphatic imine (C=N–C) groups is 1. The minimum Gasteiger partial charge on any atom is -0.356 e. The third kappa shape index (κ3) is 6.90. The van der Waals surface area contributed by atoms with E-state index in [2.05, 4.69) is 56.7 Å². The van der Waals surface area contributed by atoms with Crippen molar-refractivity contribution >= 4 is 51.6 Å². The standard InChI is InChI=1S/C19H30N4OS.HI/c1-19(2,3)25(24)15-12-22-18(20-4)21-11-7-13-23-14-10-16-8-5-6-9-17(16)23;/h5-6,8-10,14H,7,11-13,15H2,1-4H3,(H2,20,21,22);1H. The van der Waals surface area contributed by atoms with E-state index in [9.17, 15) is 4.21 Å². The van der Waals surface area contributed by atoms with Crippen molar-refractivity contribution < 1.29 is 4.21 Å². The lowest BCUT2D eigenvalue weighted by atomic mass is 10.2. The molecule has 2 aromatic rings. The summed E-state index contributed by atoms with van der Waals surface area (Å²) >= 11 is 0. The number of nitrogens with one attached hydrogen (secondary N) is 2. The normalized spacial score (nSPS) is 13.3. The fourth-order valence-corrected chi connectivity index (χ4v) is 3.48. The largest absolute Gasteiger partial charge is 0.356 e. The minimum atomic E-state index is -0.846. The van der Waals surface area contributed by atoms with Gasteiger partial charge in [0, 0.05) is 59.7 Å². The molecule has 1 unspecified atom stereocenters. The summed E-state index contributed by atoms with van der Waals surface area (Å²) in [4.78, 5) is 4.22. The van der Waals surface area contributed by atoms with Crippen molar-refractivity contribution in [3.63, 3.8) is 0 Å². The molecule has 26 heavy (non-hydrogen) atoms. The van der Waals surface area contributed by atoms with Gasteiger partial charge in [0.25, 0.3) is 0 Å². The molecule has 2 rings (SSSR count). The minimum absolute atomic E-state index is 0. The highest BCUT2D eigenvalue weighted by molar-refractivity contribution is 14.0. The lowest BCUT2D eigenvalue weighted by Crippen LogP contribution is -2.40. The SMILES string of the molecule is CN=C(NCCCn1ccc2ccccc21)NCCS(=O)C(C)(C)C.I. The van der Waals surface area contributed by atoms with Crippen LogP contribution in [0.4, 0.5) is 0 Å². The van der Waals surface area contributed by atoms with Gasteiger partial charge in [0.1, 0.15) is 0 Å². The number of hydrogen-bond acceptors (Lipinski definition) is 2. The summed E-state index contributed by atoms with van der Waals surface area (Å²) in [5.41, 5.74) is 1.27. The van der Waals surface area contributed by atoms with Gasteiger partial charge in [-0.15, -0.1) is 24.0 Å². The summed E-state index contributed by atoms with van der Waals surface area (Å²) in [6.07, 6.45) is 3.15. The number of fused-ring (bicyclic) bond motifs is 1. The summed E-state index contributed by atoms with van der Waals surface area (Å²) in [6, 6.07) is 10.6. The summed E-state index contributed by atoms with van der Waals surface area (Å²) in [5, 5.41) is 7.83. The van der Waals surface area contributed by atoms with Crippen LogP contribution in [0.15, 0.2) is 41.5 Å². The van der Waals surface area contributed by atoms with Crippen LogP contribution in [0.1, 0.15) is 27.2 Å². The number of para-hydroxylation sites is 1. The number of rotatable bonds is 7. The highest BCUT2D eigenvalue weighted by Gasteiger charge is 2.18. The molecule has 1 aromatic carbocycles. The number of halogens is 1. The summed E-state index contributed by atoms with van der Waals surface area (Å²) in [7, 11) is 0.914. The maximum atomic E-state index is 12.0. The summed E-state index contributed by atoms with van der Waals surface area (Å²) in [6.45, 7) is 8.47. The molecule has 0 saturated heterocycles. The average molecular weight is 490 g/mol. The van der Waals surface area contributed by atoms with Gasteiger partial charge in [0.2, 0.25) is 0 Å². The Morgan fingerprint density at radius 3 is 2.54 bits per heavy atom. The molecule has 146 valence electrons. The van der Waals surface area contributed by atoms with Gasteiger partial charge in [0.15, 0.2) is 5.96 Å². The van der Waals surface area contributed by atoms with E-state index in [0.29, 0.717) is 12.3 Å². The third-order valence-electron chi connectivity index (χ3n) is 4.03. The smallest absolute Gasteiger partial charge is 0.191 e. The van der Waals surface area contributed by atoms with Gasteiger partial charge in [-0.05, 0) is 44.7 Å². The van der Waals surface area contributed by atoms with Gasteiger partial charge in [-0.1, -0.05) is 18.2 Å². The molecule has 0 aliphatic carbocycles. The number of hydrogen-bond donors (Lipinski definition) is 2. The highest BCUT2D eigenvalue weighted by Crippen LogP contribution is 2.15. The maximum Gasteiger partial charge on any atom is 0.191 e.